The number of hydrogen-bond acceptors (Lipinski definition) is 2. The van der Waals surface area contributed by atoms with E-state index in [-0.39, 0.29) is 19.2 Å². The van der Waals surface area contributed by atoms with Gasteiger partial charge in [0.1, 0.15) is 5.56 Å². The number of aliphatic hydroxyl groups excluding tert-OH is 1. The van der Waals surface area contributed by atoms with Crippen molar-refractivity contribution in [2.75, 3.05) is 13.2 Å². The van der Waals surface area contributed by atoms with Crippen molar-refractivity contribution in [2.45, 2.75) is 5.92 Å². The minimum absolute atomic E-state index is 0.0297. The van der Waals surface area contributed by atoms with Crippen molar-refractivity contribution in [1.82, 2.24) is 5.32 Å². The summed E-state index contributed by atoms with van der Waals surface area (Å²) in [5, 5.41) is 11.5. The Labute approximate surface area is 129 Å². The molecule has 0 unspecified atom stereocenters. The highest BCUT2D eigenvalue weighted by Crippen LogP contribution is 2.20. The van der Waals surface area contributed by atoms with Crippen LogP contribution < -0.4 is 5.32 Å². The third-order valence-corrected chi connectivity index (χ3v) is 3.34. The second-order valence-electron chi connectivity index (χ2n) is 4.84. The summed E-state index contributed by atoms with van der Waals surface area (Å²) in [6, 6.07) is 8.65. The number of nitrogens with one attached hydrogen (secondary N) is 1. The number of aliphatic hydroxyl groups is 1. The molecule has 0 heterocycles. The molecule has 23 heavy (non-hydrogen) atoms. The smallest absolute Gasteiger partial charge is 0.257 e. The van der Waals surface area contributed by atoms with Crippen LogP contribution in [-0.2, 0) is 0 Å². The fourth-order valence-corrected chi connectivity index (χ4v) is 2.09. The maximum Gasteiger partial charge on any atom is 0.257 e. The van der Waals surface area contributed by atoms with Crippen LogP contribution in [0.5, 0.6) is 0 Å². The van der Waals surface area contributed by atoms with Crippen molar-refractivity contribution >= 4 is 5.91 Å². The van der Waals surface area contributed by atoms with Crippen molar-refractivity contribution < 1.29 is 27.5 Å². The Kier molecular flexibility index (Phi) is 5.33. The van der Waals surface area contributed by atoms with E-state index < -0.39 is 40.7 Å². The zero-order chi connectivity index (χ0) is 17.0. The number of halogens is 4. The molecular formula is C16H13F4NO2. The number of amides is 1. The van der Waals surface area contributed by atoms with E-state index in [4.69, 9.17) is 0 Å². The lowest BCUT2D eigenvalue weighted by atomic mass is 10.00. The standard InChI is InChI=1S/C16H13F4NO2/c17-11-6-12(18)15(20)13(14(11)19)16(23)21-7-10(8-22)9-4-2-1-3-5-9/h1-6,10,22H,7-8H2,(H,21,23)/t10-/m0/s1. The minimum Gasteiger partial charge on any atom is -0.396 e. The highest BCUT2D eigenvalue weighted by molar-refractivity contribution is 5.94. The maximum atomic E-state index is 13.5. The Morgan fingerprint density at radius 2 is 1.61 bits per heavy atom. The Bertz CT molecular complexity index is 681. The van der Waals surface area contributed by atoms with Crippen LogP contribution in [0, 0.1) is 23.3 Å². The third kappa shape index (κ3) is 3.68. The van der Waals surface area contributed by atoms with Gasteiger partial charge in [0.25, 0.3) is 5.91 Å². The van der Waals surface area contributed by atoms with E-state index in [0.29, 0.717) is 5.56 Å². The molecule has 0 bridgehead atoms. The predicted molar refractivity (Wildman–Crippen MR) is 74.9 cm³/mol. The first-order chi connectivity index (χ1) is 11.0. The first kappa shape index (κ1) is 17.0. The summed E-state index contributed by atoms with van der Waals surface area (Å²) < 4.78 is 53.3. The SMILES string of the molecule is O=C(NC[C@@H](CO)c1ccccc1)c1c(F)c(F)cc(F)c1F. The Morgan fingerprint density at radius 3 is 2.13 bits per heavy atom. The Morgan fingerprint density at radius 1 is 1.04 bits per heavy atom. The Balaban J connectivity index is 2.17. The molecule has 122 valence electrons. The lowest BCUT2D eigenvalue weighted by molar-refractivity contribution is 0.0936. The second kappa shape index (κ2) is 7.23. The average Bonchev–Trinajstić information content (AvgIpc) is 2.55. The molecule has 0 radical (unpaired) electrons. The summed E-state index contributed by atoms with van der Waals surface area (Å²) in [5.41, 5.74) is -0.631. The van der Waals surface area contributed by atoms with Gasteiger partial charge in [-0.15, -0.1) is 0 Å². The summed E-state index contributed by atoms with van der Waals surface area (Å²) in [6.07, 6.45) is 0. The summed E-state index contributed by atoms with van der Waals surface area (Å²) in [7, 11) is 0. The van der Waals surface area contributed by atoms with Crippen LogP contribution in [0.1, 0.15) is 21.8 Å². The van der Waals surface area contributed by atoms with Gasteiger partial charge in [-0.3, -0.25) is 4.79 Å². The van der Waals surface area contributed by atoms with E-state index in [1.165, 1.54) is 0 Å². The van der Waals surface area contributed by atoms with Crippen molar-refractivity contribution in [1.29, 1.82) is 0 Å². The quantitative estimate of drug-likeness (QED) is 0.655. The van der Waals surface area contributed by atoms with E-state index in [2.05, 4.69) is 5.32 Å². The van der Waals surface area contributed by atoms with E-state index in [1.807, 2.05) is 0 Å². The van der Waals surface area contributed by atoms with Gasteiger partial charge in [-0.05, 0) is 5.56 Å². The third-order valence-electron chi connectivity index (χ3n) is 3.34. The molecule has 2 rings (SSSR count). The number of carbonyl (C=O) groups excluding carboxylic acids is 1. The monoisotopic (exact) mass is 327 g/mol. The van der Waals surface area contributed by atoms with Gasteiger partial charge < -0.3 is 10.4 Å². The zero-order valence-electron chi connectivity index (χ0n) is 11.8. The summed E-state index contributed by atoms with van der Waals surface area (Å²) in [5.74, 6) is -8.66. The summed E-state index contributed by atoms with van der Waals surface area (Å²) in [6.45, 7) is -0.483. The van der Waals surface area contributed by atoms with Crippen molar-refractivity contribution in [3.05, 3.63) is 70.8 Å². The largest absolute Gasteiger partial charge is 0.396 e. The van der Waals surface area contributed by atoms with Gasteiger partial charge in [-0.25, -0.2) is 17.6 Å². The van der Waals surface area contributed by atoms with E-state index >= 15 is 0 Å². The molecule has 7 heteroatoms. The van der Waals surface area contributed by atoms with Gasteiger partial charge in [0.05, 0.1) is 6.61 Å². The Hall–Kier alpha value is -2.41. The molecule has 1 atom stereocenters. The number of benzene rings is 2. The van der Waals surface area contributed by atoms with Crippen LogP contribution in [0.15, 0.2) is 36.4 Å². The number of carbonyl (C=O) groups is 1. The molecule has 0 spiro atoms. The first-order valence-corrected chi connectivity index (χ1v) is 6.72. The molecule has 0 aliphatic carbocycles. The molecular weight excluding hydrogens is 314 g/mol. The average molecular weight is 327 g/mol. The summed E-state index contributed by atoms with van der Waals surface area (Å²) in [4.78, 5) is 11.8. The molecule has 0 fully saturated rings. The molecule has 0 saturated heterocycles. The van der Waals surface area contributed by atoms with Gasteiger partial charge in [0.2, 0.25) is 0 Å². The van der Waals surface area contributed by atoms with Gasteiger partial charge in [-0.1, -0.05) is 30.3 Å². The zero-order valence-corrected chi connectivity index (χ0v) is 11.8. The minimum atomic E-state index is -1.76. The van der Waals surface area contributed by atoms with Crippen LogP contribution in [0.25, 0.3) is 0 Å². The van der Waals surface area contributed by atoms with Crippen LogP contribution >= 0.6 is 0 Å². The molecule has 0 aromatic heterocycles. The van der Waals surface area contributed by atoms with Crippen molar-refractivity contribution in [3.63, 3.8) is 0 Å². The predicted octanol–water partition coefficient (Wildman–Crippen LogP) is 2.75. The van der Waals surface area contributed by atoms with Crippen LogP contribution in [0.3, 0.4) is 0 Å². The molecule has 1 amide bonds. The molecule has 0 aliphatic heterocycles. The molecule has 2 N–H and O–H groups in total. The number of rotatable bonds is 5. The van der Waals surface area contributed by atoms with E-state index in [9.17, 15) is 27.5 Å². The van der Waals surface area contributed by atoms with Gasteiger partial charge in [0, 0.05) is 18.5 Å². The molecule has 2 aromatic rings. The molecule has 0 aliphatic rings. The number of hydrogen-bond donors (Lipinski definition) is 2. The van der Waals surface area contributed by atoms with Gasteiger partial charge in [0.15, 0.2) is 23.3 Å². The van der Waals surface area contributed by atoms with E-state index in [0.717, 1.165) is 0 Å². The van der Waals surface area contributed by atoms with Gasteiger partial charge >= 0.3 is 0 Å². The fraction of sp³-hybridized carbons (Fsp3) is 0.188. The normalized spacial score (nSPS) is 12.0. The second-order valence-corrected chi connectivity index (χ2v) is 4.84. The molecule has 2 aromatic carbocycles. The topological polar surface area (TPSA) is 49.3 Å². The lowest BCUT2D eigenvalue weighted by Crippen LogP contribution is -2.31. The van der Waals surface area contributed by atoms with Crippen molar-refractivity contribution in [2.24, 2.45) is 0 Å². The fourth-order valence-electron chi connectivity index (χ4n) is 2.09. The van der Waals surface area contributed by atoms with E-state index in [1.54, 1.807) is 30.3 Å². The van der Waals surface area contributed by atoms with Crippen molar-refractivity contribution in [3.8, 4) is 0 Å². The highest BCUT2D eigenvalue weighted by atomic mass is 19.2. The van der Waals surface area contributed by atoms with Crippen LogP contribution in [-0.4, -0.2) is 24.2 Å². The first-order valence-electron chi connectivity index (χ1n) is 6.72. The summed E-state index contributed by atoms with van der Waals surface area (Å²) >= 11 is 0. The van der Waals surface area contributed by atoms with Crippen LogP contribution in [0.2, 0.25) is 0 Å². The molecule has 3 nitrogen and oxygen atoms in total. The maximum absolute atomic E-state index is 13.5. The lowest BCUT2D eigenvalue weighted by Gasteiger charge is -2.16. The van der Waals surface area contributed by atoms with Gasteiger partial charge in [-0.2, -0.15) is 0 Å². The highest BCUT2D eigenvalue weighted by Gasteiger charge is 2.25. The molecule has 0 saturated carbocycles. The van der Waals surface area contributed by atoms with Crippen LogP contribution in [0.4, 0.5) is 17.6 Å².